The molecule has 0 atom stereocenters. The number of allylic oxidation sites excluding steroid dienone is 1. The van der Waals surface area contributed by atoms with Crippen LogP contribution in [0.1, 0.15) is 6.92 Å². The fraction of sp³-hybridized carbons (Fsp3) is 0.400. The van der Waals surface area contributed by atoms with Crippen LogP contribution in [-0.4, -0.2) is 13.4 Å². The number of rotatable bonds is 2. The van der Waals surface area contributed by atoms with Gasteiger partial charge < -0.3 is 5.32 Å². The summed E-state index contributed by atoms with van der Waals surface area (Å²) in [5.41, 5.74) is 0. The van der Waals surface area contributed by atoms with Gasteiger partial charge in [-0.15, -0.1) is 0 Å². The van der Waals surface area contributed by atoms with Gasteiger partial charge in [0.15, 0.2) is 0 Å². The molecule has 0 aromatic carbocycles. The molecule has 0 radical (unpaired) electrons. The normalized spacial score (nSPS) is 12.6. The molecule has 46 valence electrons. The van der Waals surface area contributed by atoms with Crippen LogP contribution in [0.25, 0.3) is 0 Å². The molecule has 0 aromatic rings. The van der Waals surface area contributed by atoms with Crippen molar-refractivity contribution in [2.75, 3.05) is 7.05 Å². The Bertz CT molecular complexity index is 103. The molecule has 1 N–H and O–H groups in total. The van der Waals surface area contributed by atoms with Gasteiger partial charge >= 0.3 is 0 Å². The Kier molecular flexibility index (Phi) is 4.65. The lowest BCUT2D eigenvalue weighted by Gasteiger charge is -1.86. The van der Waals surface area contributed by atoms with Crippen molar-refractivity contribution >= 4 is 22.3 Å². The molecule has 0 bridgehead atoms. The topological polar surface area (TPSA) is 24.4 Å². The lowest BCUT2D eigenvalue weighted by molar-refractivity contribution is 1.27. The van der Waals surface area contributed by atoms with E-state index in [0.717, 1.165) is 4.48 Å². The van der Waals surface area contributed by atoms with E-state index in [1.54, 1.807) is 13.4 Å². The third kappa shape index (κ3) is 5.69. The first-order valence-corrected chi connectivity index (χ1v) is 3.05. The van der Waals surface area contributed by atoms with Crippen molar-refractivity contribution in [1.29, 1.82) is 0 Å². The Labute approximate surface area is 57.8 Å². The molecule has 0 heterocycles. The molecular weight excluding hydrogens is 168 g/mol. The van der Waals surface area contributed by atoms with E-state index in [2.05, 4.69) is 26.2 Å². The summed E-state index contributed by atoms with van der Waals surface area (Å²) in [5.74, 6) is 0. The van der Waals surface area contributed by atoms with Crippen molar-refractivity contribution in [2.24, 2.45) is 4.99 Å². The third-order valence-electron chi connectivity index (χ3n) is 0.486. The van der Waals surface area contributed by atoms with E-state index in [1.165, 1.54) is 0 Å². The van der Waals surface area contributed by atoms with Crippen molar-refractivity contribution in [1.82, 2.24) is 5.32 Å². The van der Waals surface area contributed by atoms with Crippen LogP contribution in [0.15, 0.2) is 15.7 Å². The van der Waals surface area contributed by atoms with Gasteiger partial charge in [0, 0.05) is 17.7 Å². The molecule has 0 saturated carbocycles. The van der Waals surface area contributed by atoms with E-state index in [9.17, 15) is 0 Å². The second-order valence-corrected chi connectivity index (χ2v) is 2.54. The SMILES string of the molecule is C/N=C\N/C=C(\C)Br. The van der Waals surface area contributed by atoms with E-state index < -0.39 is 0 Å². The molecule has 0 saturated heterocycles. The summed E-state index contributed by atoms with van der Waals surface area (Å²) in [5, 5.41) is 2.83. The summed E-state index contributed by atoms with van der Waals surface area (Å²) < 4.78 is 1.05. The van der Waals surface area contributed by atoms with Crippen LogP contribution in [0.4, 0.5) is 0 Å². The summed E-state index contributed by atoms with van der Waals surface area (Å²) in [6.45, 7) is 1.94. The maximum Gasteiger partial charge on any atom is 0.0860 e. The van der Waals surface area contributed by atoms with E-state index in [0.29, 0.717) is 0 Å². The minimum Gasteiger partial charge on any atom is -0.352 e. The quantitative estimate of drug-likeness (QED) is 0.501. The Morgan fingerprint density at radius 2 is 2.38 bits per heavy atom. The van der Waals surface area contributed by atoms with Crippen LogP contribution in [-0.2, 0) is 0 Å². The molecule has 0 amide bonds. The molecule has 0 fully saturated rings. The number of halogens is 1. The molecule has 0 aliphatic rings. The van der Waals surface area contributed by atoms with Gasteiger partial charge in [-0.2, -0.15) is 0 Å². The summed E-state index contributed by atoms with van der Waals surface area (Å²) >= 11 is 3.24. The zero-order chi connectivity index (χ0) is 6.41. The van der Waals surface area contributed by atoms with Crippen molar-refractivity contribution < 1.29 is 0 Å². The van der Waals surface area contributed by atoms with E-state index in [-0.39, 0.29) is 0 Å². The molecule has 0 aliphatic heterocycles. The standard InChI is InChI=1S/C5H9BrN2/c1-5(6)3-8-4-7-2/h3-4H,1-2H3,(H,7,8)/b5-3+. The highest BCUT2D eigenvalue weighted by atomic mass is 79.9. The summed E-state index contributed by atoms with van der Waals surface area (Å²) in [6.07, 6.45) is 3.43. The number of nitrogens with one attached hydrogen (secondary N) is 1. The second kappa shape index (κ2) is 4.84. The van der Waals surface area contributed by atoms with Crippen molar-refractivity contribution in [2.45, 2.75) is 6.92 Å². The monoisotopic (exact) mass is 176 g/mol. The zero-order valence-corrected chi connectivity index (χ0v) is 6.57. The molecule has 8 heavy (non-hydrogen) atoms. The van der Waals surface area contributed by atoms with Crippen LogP contribution in [0, 0.1) is 0 Å². The molecule has 0 rings (SSSR count). The molecule has 0 spiro atoms. The fourth-order valence-electron chi connectivity index (χ4n) is 0.227. The summed E-state index contributed by atoms with van der Waals surface area (Å²) in [7, 11) is 1.71. The molecular formula is C5H9BrN2. The Morgan fingerprint density at radius 1 is 1.75 bits per heavy atom. The van der Waals surface area contributed by atoms with Gasteiger partial charge in [-0.05, 0) is 6.92 Å². The molecule has 0 aliphatic carbocycles. The van der Waals surface area contributed by atoms with Gasteiger partial charge in [0.2, 0.25) is 0 Å². The molecule has 2 nitrogen and oxygen atoms in total. The minimum absolute atomic E-state index is 1.05. The molecule has 3 heteroatoms. The van der Waals surface area contributed by atoms with Gasteiger partial charge in [-0.25, -0.2) is 0 Å². The van der Waals surface area contributed by atoms with E-state index in [4.69, 9.17) is 0 Å². The predicted octanol–water partition coefficient (Wildman–Crippen LogP) is 1.49. The Balaban J connectivity index is 3.30. The van der Waals surface area contributed by atoms with Crippen LogP contribution >= 0.6 is 15.9 Å². The molecule has 0 unspecified atom stereocenters. The summed E-state index contributed by atoms with van der Waals surface area (Å²) in [6, 6.07) is 0. The number of hydrogen-bond acceptors (Lipinski definition) is 1. The first-order valence-electron chi connectivity index (χ1n) is 2.26. The zero-order valence-electron chi connectivity index (χ0n) is 4.98. The largest absolute Gasteiger partial charge is 0.352 e. The lowest BCUT2D eigenvalue weighted by Crippen LogP contribution is -1.99. The highest BCUT2D eigenvalue weighted by Crippen LogP contribution is 1.97. The average molecular weight is 177 g/mol. The van der Waals surface area contributed by atoms with Crippen molar-refractivity contribution in [3.63, 3.8) is 0 Å². The maximum absolute atomic E-state index is 3.71. The highest BCUT2D eigenvalue weighted by molar-refractivity contribution is 9.11. The van der Waals surface area contributed by atoms with Gasteiger partial charge in [0.05, 0.1) is 6.34 Å². The van der Waals surface area contributed by atoms with Crippen LogP contribution < -0.4 is 5.32 Å². The van der Waals surface area contributed by atoms with Gasteiger partial charge in [0.25, 0.3) is 0 Å². The molecule has 0 aromatic heterocycles. The van der Waals surface area contributed by atoms with E-state index in [1.807, 2.05) is 13.1 Å². The predicted molar refractivity (Wildman–Crippen MR) is 40.2 cm³/mol. The van der Waals surface area contributed by atoms with Crippen LogP contribution in [0.5, 0.6) is 0 Å². The number of hydrogen-bond donors (Lipinski definition) is 1. The van der Waals surface area contributed by atoms with Crippen LogP contribution in [0.3, 0.4) is 0 Å². The minimum atomic E-state index is 1.05. The average Bonchev–Trinajstić information content (AvgIpc) is 1.66. The Hall–Kier alpha value is -0.310. The fourth-order valence-corrected chi connectivity index (χ4v) is 0.359. The highest BCUT2D eigenvalue weighted by Gasteiger charge is 1.71. The smallest absolute Gasteiger partial charge is 0.0860 e. The second-order valence-electron chi connectivity index (χ2n) is 1.29. The van der Waals surface area contributed by atoms with Gasteiger partial charge in [0.1, 0.15) is 0 Å². The lowest BCUT2D eigenvalue weighted by atomic mass is 10.7. The van der Waals surface area contributed by atoms with E-state index >= 15 is 0 Å². The summed E-state index contributed by atoms with van der Waals surface area (Å²) in [4.78, 5) is 3.71. The number of nitrogens with zero attached hydrogens (tertiary/aromatic N) is 1. The van der Waals surface area contributed by atoms with Crippen molar-refractivity contribution in [3.05, 3.63) is 10.7 Å². The number of aliphatic imine (C=N–C) groups is 1. The van der Waals surface area contributed by atoms with Crippen molar-refractivity contribution in [3.8, 4) is 0 Å². The van der Waals surface area contributed by atoms with Gasteiger partial charge in [-0.1, -0.05) is 15.9 Å². The van der Waals surface area contributed by atoms with Crippen LogP contribution in [0.2, 0.25) is 0 Å². The Morgan fingerprint density at radius 3 is 2.75 bits per heavy atom. The third-order valence-corrected chi connectivity index (χ3v) is 0.715. The maximum atomic E-state index is 3.71. The first-order chi connectivity index (χ1) is 3.77. The van der Waals surface area contributed by atoms with Gasteiger partial charge in [-0.3, -0.25) is 4.99 Å². The first kappa shape index (κ1) is 7.69.